The molecule has 2 aromatic rings. The molecule has 0 saturated carbocycles. The number of rotatable bonds is 4. The average molecular weight is 428 g/mol. The Bertz CT molecular complexity index is 1010. The molecule has 13 heteroatoms. The summed E-state index contributed by atoms with van der Waals surface area (Å²) in [6.07, 6.45) is -8.98. The molecule has 0 aliphatic heterocycles. The number of halogens is 6. The summed E-state index contributed by atoms with van der Waals surface area (Å²) < 4.78 is 100. The molecule has 2 rings (SSSR count). The number of nitrogens with zero attached hydrogens (tertiary/aromatic N) is 3. The lowest BCUT2D eigenvalue weighted by Crippen LogP contribution is -2.39. The third-order valence-corrected chi connectivity index (χ3v) is 5.78. The number of hydrogen-bond donors (Lipinski definition) is 1. The fourth-order valence-electron chi connectivity index (χ4n) is 2.38. The van der Waals surface area contributed by atoms with Gasteiger partial charge >= 0.3 is 12.4 Å². The Morgan fingerprint density at radius 1 is 1.14 bits per heavy atom. The molecule has 0 amide bonds. The normalized spacial score (nSPS) is 16.0. The lowest BCUT2D eigenvalue weighted by Gasteiger charge is -2.31. The summed E-state index contributed by atoms with van der Waals surface area (Å²) in [7, 11) is -2.34. The first-order valence-electron chi connectivity index (χ1n) is 7.44. The molecule has 1 aromatic carbocycles. The number of alkyl halides is 6. The van der Waals surface area contributed by atoms with Crippen LogP contribution < -0.4 is 5.56 Å². The summed E-state index contributed by atoms with van der Waals surface area (Å²) in [6, 6.07) is 0.216. The highest BCUT2D eigenvalue weighted by molar-refractivity contribution is 7.90. The molecule has 2 atom stereocenters. The Morgan fingerprint density at radius 2 is 1.68 bits per heavy atom. The Kier molecular flexibility index (Phi) is 5.63. The molecule has 154 valence electrons. The maximum atomic E-state index is 13.6. The van der Waals surface area contributed by atoms with Crippen molar-refractivity contribution in [2.24, 2.45) is 7.05 Å². The van der Waals surface area contributed by atoms with Gasteiger partial charge in [-0.05, 0) is 17.7 Å². The molecule has 0 bridgehead atoms. The van der Waals surface area contributed by atoms with E-state index in [1.807, 2.05) is 0 Å². The van der Waals surface area contributed by atoms with Gasteiger partial charge in [-0.2, -0.15) is 31.4 Å². The maximum Gasteiger partial charge on any atom is 0.416 e. The van der Waals surface area contributed by atoms with Gasteiger partial charge in [-0.25, -0.2) is 18.0 Å². The lowest BCUT2D eigenvalue weighted by atomic mass is 10.0. The van der Waals surface area contributed by atoms with Crippen LogP contribution in [0.25, 0.3) is 0 Å². The minimum absolute atomic E-state index is 0.159. The molecular formula is C15H14F6N4O2S. The van der Waals surface area contributed by atoms with Crippen molar-refractivity contribution in [3.63, 3.8) is 0 Å². The van der Waals surface area contributed by atoms with Gasteiger partial charge < -0.3 is 0 Å². The Labute approximate surface area is 155 Å². The molecular weight excluding hydrogens is 414 g/mol. The van der Waals surface area contributed by atoms with Crippen molar-refractivity contribution in [2.45, 2.75) is 23.3 Å². The fraction of sp³-hybridized carbons (Fsp3) is 0.333. The average Bonchev–Trinajstić information content (AvgIpc) is 2.55. The van der Waals surface area contributed by atoms with Gasteiger partial charge in [0.2, 0.25) is 0 Å². The SMILES string of the molecule is CN([C@H](c1ccc(C(F)(F)F)cc1)C(F)(F)F)[S@](=N)(=O)c1cnn(C)c(=O)c1. The van der Waals surface area contributed by atoms with Crippen LogP contribution in [0.3, 0.4) is 0 Å². The van der Waals surface area contributed by atoms with Gasteiger partial charge in [-0.1, -0.05) is 12.1 Å². The minimum atomic E-state index is -5.06. The van der Waals surface area contributed by atoms with E-state index in [9.17, 15) is 35.3 Å². The van der Waals surface area contributed by atoms with Crippen LogP contribution in [0.1, 0.15) is 17.2 Å². The molecule has 1 N–H and O–H groups in total. The van der Waals surface area contributed by atoms with Crippen LogP contribution in [0.2, 0.25) is 0 Å². The Morgan fingerprint density at radius 3 is 2.11 bits per heavy atom. The van der Waals surface area contributed by atoms with Crippen molar-refractivity contribution in [1.29, 1.82) is 4.78 Å². The van der Waals surface area contributed by atoms with Gasteiger partial charge in [0.15, 0.2) is 0 Å². The molecule has 1 heterocycles. The van der Waals surface area contributed by atoms with Crippen molar-refractivity contribution < 1.29 is 30.6 Å². The quantitative estimate of drug-likeness (QED) is 0.759. The van der Waals surface area contributed by atoms with E-state index in [2.05, 4.69) is 5.10 Å². The van der Waals surface area contributed by atoms with Gasteiger partial charge in [-0.3, -0.25) is 4.79 Å². The molecule has 0 aliphatic rings. The number of aromatic nitrogens is 2. The molecule has 0 spiro atoms. The summed E-state index contributed by atoms with van der Waals surface area (Å²) in [4.78, 5) is 11.1. The zero-order valence-electron chi connectivity index (χ0n) is 14.4. The first-order valence-corrected chi connectivity index (χ1v) is 8.96. The van der Waals surface area contributed by atoms with Crippen LogP contribution in [0.15, 0.2) is 46.2 Å². The second-order valence-electron chi connectivity index (χ2n) is 5.79. The van der Waals surface area contributed by atoms with Crippen molar-refractivity contribution in [1.82, 2.24) is 14.1 Å². The standard InChI is InChI=1S/C15H14F6N4O2S/c1-24-12(26)7-11(8-23-24)28(22,27)25(2)13(15(19,20)21)9-3-5-10(6-4-9)14(16,17)18/h3-8,13,22H,1-2H3/t13-,28+/m1/s1. The van der Waals surface area contributed by atoms with E-state index in [1.54, 1.807) is 0 Å². The number of nitrogens with one attached hydrogen (secondary N) is 1. The highest BCUT2D eigenvalue weighted by Gasteiger charge is 2.47. The van der Waals surface area contributed by atoms with Crippen LogP contribution >= 0.6 is 0 Å². The molecule has 0 aliphatic carbocycles. The fourth-order valence-corrected chi connectivity index (χ4v) is 3.70. The second kappa shape index (κ2) is 7.20. The van der Waals surface area contributed by atoms with Gasteiger partial charge in [-0.15, -0.1) is 0 Å². The molecule has 28 heavy (non-hydrogen) atoms. The smallest absolute Gasteiger partial charge is 0.268 e. The number of hydrogen-bond acceptors (Lipinski definition) is 4. The molecule has 0 fully saturated rings. The van der Waals surface area contributed by atoms with Crippen molar-refractivity contribution in [3.05, 3.63) is 58.0 Å². The molecule has 6 nitrogen and oxygen atoms in total. The van der Waals surface area contributed by atoms with E-state index in [0.717, 1.165) is 24.0 Å². The van der Waals surface area contributed by atoms with Crippen LogP contribution in [-0.2, 0) is 23.1 Å². The van der Waals surface area contributed by atoms with Gasteiger partial charge in [0.1, 0.15) is 16.0 Å². The van der Waals surface area contributed by atoms with Crippen molar-refractivity contribution in [3.8, 4) is 0 Å². The minimum Gasteiger partial charge on any atom is -0.268 e. The zero-order chi connectivity index (χ0) is 21.5. The van der Waals surface area contributed by atoms with Crippen LogP contribution in [0, 0.1) is 4.78 Å². The van der Waals surface area contributed by atoms with Crippen molar-refractivity contribution in [2.75, 3.05) is 7.05 Å². The van der Waals surface area contributed by atoms with Crippen LogP contribution in [0.4, 0.5) is 26.3 Å². The predicted octanol–water partition coefficient (Wildman–Crippen LogP) is 3.36. The monoisotopic (exact) mass is 428 g/mol. The molecule has 0 unspecified atom stereocenters. The van der Waals surface area contributed by atoms with Crippen LogP contribution in [-0.4, -0.2) is 31.5 Å². The van der Waals surface area contributed by atoms with E-state index in [-0.39, 0.29) is 4.31 Å². The molecule has 0 radical (unpaired) electrons. The van der Waals surface area contributed by atoms with E-state index < -0.39 is 49.9 Å². The predicted molar refractivity (Wildman–Crippen MR) is 86.6 cm³/mol. The summed E-state index contributed by atoms with van der Waals surface area (Å²) in [5.41, 5.74) is -2.58. The van der Waals surface area contributed by atoms with Gasteiger partial charge in [0, 0.05) is 20.2 Å². The highest BCUT2D eigenvalue weighted by atomic mass is 32.2. The zero-order valence-corrected chi connectivity index (χ0v) is 15.2. The largest absolute Gasteiger partial charge is 0.416 e. The molecule has 0 saturated heterocycles. The maximum absolute atomic E-state index is 13.6. The Hall–Kier alpha value is -2.41. The first kappa shape index (κ1) is 21.9. The highest BCUT2D eigenvalue weighted by Crippen LogP contribution is 2.40. The lowest BCUT2D eigenvalue weighted by molar-refractivity contribution is -0.170. The van der Waals surface area contributed by atoms with E-state index >= 15 is 0 Å². The van der Waals surface area contributed by atoms with E-state index in [1.165, 1.54) is 7.05 Å². The first-order chi connectivity index (χ1) is 12.7. The number of benzene rings is 1. The third kappa shape index (κ3) is 4.35. The van der Waals surface area contributed by atoms with Gasteiger partial charge in [0.25, 0.3) is 5.56 Å². The summed E-state index contributed by atoms with van der Waals surface area (Å²) in [6.45, 7) is 0. The van der Waals surface area contributed by atoms with Crippen LogP contribution in [0.5, 0.6) is 0 Å². The third-order valence-electron chi connectivity index (χ3n) is 3.90. The second-order valence-corrected chi connectivity index (χ2v) is 7.89. The topological polar surface area (TPSA) is 79.1 Å². The Balaban J connectivity index is 2.53. The van der Waals surface area contributed by atoms with Gasteiger partial charge in [0.05, 0.1) is 16.7 Å². The summed E-state index contributed by atoms with van der Waals surface area (Å²) >= 11 is 0. The van der Waals surface area contributed by atoms with Crippen molar-refractivity contribution >= 4 is 9.92 Å². The van der Waals surface area contributed by atoms with E-state index in [0.29, 0.717) is 24.3 Å². The number of aryl methyl sites for hydroxylation is 1. The van der Waals surface area contributed by atoms with E-state index in [4.69, 9.17) is 4.78 Å². The summed E-state index contributed by atoms with van der Waals surface area (Å²) in [5, 5.41) is 3.53. The molecule has 1 aromatic heterocycles. The summed E-state index contributed by atoms with van der Waals surface area (Å²) in [5.74, 6) is 0.